The predicted molar refractivity (Wildman–Crippen MR) is 64.2 cm³/mol. The molecule has 0 heterocycles. The van der Waals surface area contributed by atoms with Crippen molar-refractivity contribution >= 4 is 6.09 Å². The van der Waals surface area contributed by atoms with Gasteiger partial charge < -0.3 is 15.2 Å². The van der Waals surface area contributed by atoms with E-state index < -0.39 is 11.7 Å². The third-order valence-electron chi connectivity index (χ3n) is 1.76. The van der Waals surface area contributed by atoms with Crippen LogP contribution in [-0.4, -0.2) is 29.4 Å². The van der Waals surface area contributed by atoms with E-state index in [4.69, 9.17) is 9.84 Å². The maximum Gasteiger partial charge on any atom is 0.408 e. The molecule has 0 unspecified atom stereocenters. The Labute approximate surface area is 97.7 Å². The average molecular weight is 229 g/mol. The molecular weight excluding hydrogens is 206 g/mol. The van der Waals surface area contributed by atoms with Crippen molar-refractivity contribution < 1.29 is 14.6 Å². The number of amides is 1. The van der Waals surface area contributed by atoms with Gasteiger partial charge in [-0.05, 0) is 33.6 Å². The number of aliphatic hydroxyl groups is 1. The fourth-order valence-electron chi connectivity index (χ4n) is 0.959. The van der Waals surface area contributed by atoms with Crippen LogP contribution in [0.25, 0.3) is 0 Å². The number of nitrogens with one attached hydrogen (secondary N) is 1. The molecule has 0 aliphatic carbocycles. The first kappa shape index (κ1) is 15.0. The first-order valence-electron chi connectivity index (χ1n) is 5.53. The first-order chi connectivity index (χ1) is 7.24. The summed E-state index contributed by atoms with van der Waals surface area (Å²) in [4.78, 5) is 11.4. The Morgan fingerprint density at radius 3 is 2.38 bits per heavy atom. The molecule has 4 heteroatoms. The minimum Gasteiger partial charge on any atom is -0.444 e. The van der Waals surface area contributed by atoms with Gasteiger partial charge in [0.15, 0.2) is 0 Å². The molecule has 2 atom stereocenters. The fourth-order valence-corrected chi connectivity index (χ4v) is 0.959. The molecule has 0 saturated heterocycles. The lowest BCUT2D eigenvalue weighted by molar-refractivity contribution is 0.0518. The van der Waals surface area contributed by atoms with Crippen molar-refractivity contribution in [3.63, 3.8) is 0 Å². The molecule has 0 aromatic carbocycles. The zero-order valence-electron chi connectivity index (χ0n) is 10.8. The molecule has 0 spiro atoms. The lowest BCUT2D eigenvalue weighted by atomic mass is 10.1. The van der Waals surface area contributed by atoms with Crippen LogP contribution in [0.1, 0.15) is 34.6 Å². The smallest absolute Gasteiger partial charge is 0.408 e. The van der Waals surface area contributed by atoms with Crippen molar-refractivity contribution in [2.24, 2.45) is 5.92 Å². The Balaban J connectivity index is 4.01. The molecule has 0 fully saturated rings. The van der Waals surface area contributed by atoms with Crippen molar-refractivity contribution in [2.75, 3.05) is 6.61 Å². The number of carbonyl (C=O) groups is 1. The maximum absolute atomic E-state index is 11.4. The Hall–Kier alpha value is -1.03. The highest BCUT2D eigenvalue weighted by Crippen LogP contribution is 2.07. The van der Waals surface area contributed by atoms with Gasteiger partial charge in [0.1, 0.15) is 5.60 Å². The van der Waals surface area contributed by atoms with Gasteiger partial charge in [-0.2, -0.15) is 0 Å². The highest BCUT2D eigenvalue weighted by molar-refractivity contribution is 5.68. The van der Waals surface area contributed by atoms with Crippen molar-refractivity contribution in [3.05, 3.63) is 12.2 Å². The normalized spacial score (nSPS) is 15.9. The molecule has 0 radical (unpaired) electrons. The molecule has 1 amide bonds. The fraction of sp³-hybridized carbons (Fsp3) is 0.750. The van der Waals surface area contributed by atoms with Crippen LogP contribution < -0.4 is 5.32 Å². The zero-order chi connectivity index (χ0) is 12.8. The van der Waals surface area contributed by atoms with Gasteiger partial charge in [-0.25, -0.2) is 4.79 Å². The Morgan fingerprint density at radius 2 is 1.94 bits per heavy atom. The van der Waals surface area contributed by atoms with Crippen LogP contribution in [0.15, 0.2) is 12.2 Å². The molecule has 94 valence electrons. The molecule has 0 aromatic heterocycles. The topological polar surface area (TPSA) is 58.6 Å². The van der Waals surface area contributed by atoms with Crippen molar-refractivity contribution in [2.45, 2.75) is 46.3 Å². The lowest BCUT2D eigenvalue weighted by Gasteiger charge is -2.21. The molecule has 0 aliphatic rings. The van der Waals surface area contributed by atoms with Crippen LogP contribution in [0.3, 0.4) is 0 Å². The Morgan fingerprint density at radius 1 is 1.38 bits per heavy atom. The van der Waals surface area contributed by atoms with Crippen LogP contribution >= 0.6 is 0 Å². The maximum atomic E-state index is 11.4. The minimum atomic E-state index is -0.480. The third-order valence-corrected chi connectivity index (χ3v) is 1.76. The van der Waals surface area contributed by atoms with E-state index in [0.717, 1.165) is 0 Å². The first-order valence-corrected chi connectivity index (χ1v) is 5.53. The molecule has 0 saturated carbocycles. The highest BCUT2D eigenvalue weighted by atomic mass is 16.6. The van der Waals surface area contributed by atoms with E-state index in [2.05, 4.69) is 5.32 Å². The molecule has 0 bridgehead atoms. The molecule has 2 N–H and O–H groups in total. The summed E-state index contributed by atoms with van der Waals surface area (Å²) >= 11 is 0. The van der Waals surface area contributed by atoms with Gasteiger partial charge in [-0.3, -0.25) is 0 Å². The summed E-state index contributed by atoms with van der Waals surface area (Å²) < 4.78 is 5.11. The Bertz CT molecular complexity index is 243. The van der Waals surface area contributed by atoms with Crippen LogP contribution in [0.4, 0.5) is 4.79 Å². The number of rotatable bonds is 4. The van der Waals surface area contributed by atoms with Gasteiger partial charge in [-0.1, -0.05) is 19.1 Å². The van der Waals surface area contributed by atoms with Crippen LogP contribution in [0, 0.1) is 5.92 Å². The van der Waals surface area contributed by atoms with Crippen molar-refractivity contribution in [3.8, 4) is 0 Å². The van der Waals surface area contributed by atoms with Gasteiger partial charge in [0.25, 0.3) is 0 Å². The zero-order valence-corrected chi connectivity index (χ0v) is 10.8. The SMILES string of the molecule is C[C@H](/C=C/[C@H](C)NC(=O)OC(C)(C)C)CO. The summed E-state index contributed by atoms with van der Waals surface area (Å²) in [6, 6.07) is -0.108. The van der Waals surface area contributed by atoms with E-state index in [-0.39, 0.29) is 18.6 Å². The quantitative estimate of drug-likeness (QED) is 0.726. The Kier molecular flexibility index (Phi) is 6.11. The minimum absolute atomic E-state index is 0.0999. The second-order valence-corrected chi connectivity index (χ2v) is 4.98. The highest BCUT2D eigenvalue weighted by Gasteiger charge is 2.16. The summed E-state index contributed by atoms with van der Waals surface area (Å²) in [6.45, 7) is 9.32. The number of ether oxygens (including phenoxy) is 1. The molecule has 0 rings (SSSR count). The number of aliphatic hydroxyl groups excluding tert-OH is 1. The molecular formula is C12H23NO3. The van der Waals surface area contributed by atoms with Gasteiger partial charge in [0, 0.05) is 12.6 Å². The van der Waals surface area contributed by atoms with E-state index in [1.165, 1.54) is 0 Å². The lowest BCUT2D eigenvalue weighted by Crippen LogP contribution is -2.36. The van der Waals surface area contributed by atoms with Crippen LogP contribution in [-0.2, 0) is 4.74 Å². The summed E-state index contributed by atoms with van der Waals surface area (Å²) in [5.41, 5.74) is -0.480. The number of hydrogen-bond acceptors (Lipinski definition) is 3. The van der Waals surface area contributed by atoms with E-state index in [0.29, 0.717) is 0 Å². The second kappa shape index (κ2) is 6.53. The number of alkyl carbamates (subject to hydrolysis) is 1. The molecule has 16 heavy (non-hydrogen) atoms. The molecule has 0 aliphatic heterocycles. The summed E-state index contributed by atoms with van der Waals surface area (Å²) in [7, 11) is 0. The van der Waals surface area contributed by atoms with E-state index in [1.54, 1.807) is 0 Å². The monoisotopic (exact) mass is 229 g/mol. The van der Waals surface area contributed by atoms with Crippen molar-refractivity contribution in [1.82, 2.24) is 5.32 Å². The predicted octanol–water partition coefficient (Wildman–Crippen LogP) is 2.08. The van der Waals surface area contributed by atoms with Gasteiger partial charge in [-0.15, -0.1) is 0 Å². The number of carbonyl (C=O) groups excluding carboxylic acids is 1. The van der Waals surface area contributed by atoms with Gasteiger partial charge in [0.05, 0.1) is 0 Å². The second-order valence-electron chi connectivity index (χ2n) is 4.98. The van der Waals surface area contributed by atoms with Crippen LogP contribution in [0.5, 0.6) is 0 Å². The summed E-state index contributed by atoms with van der Waals surface area (Å²) in [6.07, 6.45) is 3.27. The van der Waals surface area contributed by atoms with E-state index in [9.17, 15) is 4.79 Å². The largest absolute Gasteiger partial charge is 0.444 e. The number of hydrogen-bond donors (Lipinski definition) is 2. The van der Waals surface area contributed by atoms with Gasteiger partial charge >= 0.3 is 6.09 Å². The average Bonchev–Trinajstić information content (AvgIpc) is 2.10. The third kappa shape index (κ3) is 8.29. The molecule has 4 nitrogen and oxygen atoms in total. The standard InChI is InChI=1S/C12H23NO3/c1-9(8-14)6-7-10(2)13-11(15)16-12(3,4)5/h6-7,9-10,14H,8H2,1-5H3,(H,13,15)/b7-6+/t9-,10+/m1/s1. The summed E-state index contributed by atoms with van der Waals surface area (Å²) in [5, 5.41) is 11.5. The van der Waals surface area contributed by atoms with Crippen LogP contribution in [0.2, 0.25) is 0 Å². The van der Waals surface area contributed by atoms with Crippen molar-refractivity contribution in [1.29, 1.82) is 0 Å². The van der Waals surface area contributed by atoms with E-state index >= 15 is 0 Å². The summed E-state index contributed by atoms with van der Waals surface area (Å²) in [5.74, 6) is 0.0999. The van der Waals surface area contributed by atoms with E-state index in [1.807, 2.05) is 46.8 Å². The molecule has 0 aromatic rings. The van der Waals surface area contributed by atoms with Gasteiger partial charge in [0.2, 0.25) is 0 Å².